The third kappa shape index (κ3) is 4.68. The van der Waals surface area contributed by atoms with Gasteiger partial charge in [-0.05, 0) is 43.4 Å². The van der Waals surface area contributed by atoms with Crippen molar-refractivity contribution in [1.82, 2.24) is 10.3 Å². The monoisotopic (exact) mass is 449 g/mol. The maximum absolute atomic E-state index is 12.8. The normalized spacial score (nSPS) is 22.0. The third-order valence-corrected chi connectivity index (χ3v) is 7.98. The highest BCUT2D eigenvalue weighted by atomic mass is 32.2. The fraction of sp³-hybridized carbons (Fsp3) is 0.524. The maximum atomic E-state index is 12.8. The molecule has 1 unspecified atom stereocenters. The largest absolute Gasteiger partial charge is 0.379 e. The molecule has 4 rings (SSSR count). The fourth-order valence-electron chi connectivity index (χ4n) is 4.09. The quantitative estimate of drug-likeness (QED) is 0.743. The number of carbonyl (C=O) groups is 1. The van der Waals surface area contributed by atoms with Crippen LogP contribution in [0.1, 0.15) is 48.2 Å². The van der Waals surface area contributed by atoms with Gasteiger partial charge in [0.25, 0.3) is 0 Å². The van der Waals surface area contributed by atoms with Gasteiger partial charge < -0.3 is 10.1 Å². The van der Waals surface area contributed by atoms with Crippen LogP contribution in [0.3, 0.4) is 0 Å². The number of amides is 2. The molecule has 162 valence electrons. The van der Waals surface area contributed by atoms with Crippen molar-refractivity contribution in [1.29, 1.82) is 0 Å². The molecule has 0 radical (unpaired) electrons. The molecule has 2 heterocycles. The van der Waals surface area contributed by atoms with Crippen LogP contribution in [0.25, 0.3) is 0 Å². The molecule has 2 aromatic rings. The van der Waals surface area contributed by atoms with Gasteiger partial charge >= 0.3 is 6.03 Å². The van der Waals surface area contributed by atoms with E-state index in [1.165, 1.54) is 30.4 Å². The second-order valence-corrected chi connectivity index (χ2v) is 11.2. The van der Waals surface area contributed by atoms with Crippen LogP contribution in [0.15, 0.2) is 29.2 Å². The van der Waals surface area contributed by atoms with Gasteiger partial charge in [-0.1, -0.05) is 25.0 Å². The number of anilines is 1. The number of ether oxygens (including phenoxy) is 1. The lowest BCUT2D eigenvalue weighted by atomic mass is 9.89. The smallest absolute Gasteiger partial charge is 0.321 e. The Balaban J connectivity index is 1.49. The predicted molar refractivity (Wildman–Crippen MR) is 117 cm³/mol. The molecule has 1 aliphatic heterocycles. The second kappa shape index (κ2) is 8.64. The second-order valence-electron chi connectivity index (χ2n) is 8.06. The number of sulfone groups is 1. The zero-order chi connectivity index (χ0) is 21.2. The lowest BCUT2D eigenvalue weighted by Gasteiger charge is -2.29. The van der Waals surface area contributed by atoms with Crippen LogP contribution in [0.2, 0.25) is 0 Å². The van der Waals surface area contributed by atoms with Crippen molar-refractivity contribution in [3.8, 4) is 0 Å². The highest BCUT2D eigenvalue weighted by Crippen LogP contribution is 2.32. The van der Waals surface area contributed by atoms with E-state index in [-0.39, 0.29) is 10.9 Å². The van der Waals surface area contributed by atoms with Crippen LogP contribution in [0.5, 0.6) is 0 Å². The van der Waals surface area contributed by atoms with E-state index < -0.39 is 15.4 Å². The summed E-state index contributed by atoms with van der Waals surface area (Å²) >= 11 is 1.56. The van der Waals surface area contributed by atoms with E-state index in [0.29, 0.717) is 24.8 Å². The molecule has 1 saturated heterocycles. The average Bonchev–Trinajstić information content (AvgIpc) is 3.29. The van der Waals surface area contributed by atoms with Gasteiger partial charge in [-0.3, -0.25) is 5.32 Å². The highest BCUT2D eigenvalue weighted by Gasteiger charge is 2.38. The summed E-state index contributed by atoms with van der Waals surface area (Å²) in [5.41, 5.74) is 1.26. The van der Waals surface area contributed by atoms with E-state index in [4.69, 9.17) is 4.74 Å². The summed E-state index contributed by atoms with van der Waals surface area (Å²) in [4.78, 5) is 19.0. The molecule has 2 amide bonds. The van der Waals surface area contributed by atoms with E-state index >= 15 is 0 Å². The lowest BCUT2D eigenvalue weighted by Crippen LogP contribution is -2.48. The van der Waals surface area contributed by atoms with Crippen molar-refractivity contribution >= 4 is 32.3 Å². The topological polar surface area (TPSA) is 97.4 Å². The number of aryl methyl sites for hydroxylation is 2. The number of hydrogen-bond acceptors (Lipinski definition) is 6. The molecule has 2 N–H and O–H groups in total. The molecule has 1 aliphatic carbocycles. The Labute approximate surface area is 181 Å². The van der Waals surface area contributed by atoms with Gasteiger partial charge in [0.15, 0.2) is 15.0 Å². The molecule has 0 saturated carbocycles. The van der Waals surface area contributed by atoms with E-state index in [1.807, 2.05) is 0 Å². The van der Waals surface area contributed by atoms with Crippen LogP contribution >= 0.6 is 11.3 Å². The predicted octanol–water partition coefficient (Wildman–Crippen LogP) is 3.64. The minimum atomic E-state index is -3.27. The zero-order valence-electron chi connectivity index (χ0n) is 17.1. The van der Waals surface area contributed by atoms with Gasteiger partial charge in [-0.25, -0.2) is 18.2 Å². The first kappa shape index (κ1) is 21.3. The first-order valence-electron chi connectivity index (χ1n) is 10.3. The van der Waals surface area contributed by atoms with Crippen LogP contribution < -0.4 is 10.6 Å². The summed E-state index contributed by atoms with van der Waals surface area (Å²) in [6.07, 6.45) is 8.60. The van der Waals surface area contributed by atoms with Gasteiger partial charge in [-0.2, -0.15) is 0 Å². The van der Waals surface area contributed by atoms with Gasteiger partial charge in [0.2, 0.25) is 0 Å². The highest BCUT2D eigenvalue weighted by molar-refractivity contribution is 7.90. The minimum absolute atomic E-state index is 0.255. The third-order valence-electron chi connectivity index (χ3n) is 5.78. The molecule has 7 nitrogen and oxygen atoms in total. The van der Waals surface area contributed by atoms with Crippen molar-refractivity contribution in [2.24, 2.45) is 0 Å². The summed E-state index contributed by atoms with van der Waals surface area (Å²) in [5, 5.41) is 6.59. The summed E-state index contributed by atoms with van der Waals surface area (Å²) < 4.78 is 29.1. The maximum Gasteiger partial charge on any atom is 0.321 e. The van der Waals surface area contributed by atoms with Crippen LogP contribution in [-0.4, -0.2) is 38.9 Å². The van der Waals surface area contributed by atoms with Crippen LogP contribution in [0, 0.1) is 0 Å². The number of rotatable bonds is 4. The first-order valence-corrected chi connectivity index (χ1v) is 13.0. The number of urea groups is 1. The van der Waals surface area contributed by atoms with Gasteiger partial charge in [-0.15, -0.1) is 11.3 Å². The van der Waals surface area contributed by atoms with Crippen molar-refractivity contribution in [3.63, 3.8) is 0 Å². The summed E-state index contributed by atoms with van der Waals surface area (Å²) in [6.45, 7) is 0.868. The SMILES string of the molecule is CS(=O)(=O)c1ccc(C2(NC(=O)Nc3nc4c(s3)CCCCCC4)CCOC2)cc1. The Morgan fingerprint density at radius 2 is 1.87 bits per heavy atom. The number of aromatic nitrogens is 1. The number of fused-ring (bicyclic) bond motifs is 1. The Morgan fingerprint density at radius 3 is 2.53 bits per heavy atom. The molecule has 30 heavy (non-hydrogen) atoms. The molecule has 0 bridgehead atoms. The number of benzene rings is 1. The Hall–Kier alpha value is -1.97. The van der Waals surface area contributed by atoms with Crippen molar-refractivity contribution < 1.29 is 17.9 Å². The molecule has 0 spiro atoms. The summed E-state index contributed by atoms with van der Waals surface area (Å²) in [5.74, 6) is 0. The molecule has 9 heteroatoms. The molecule has 1 fully saturated rings. The molecular weight excluding hydrogens is 422 g/mol. The molecule has 1 atom stereocenters. The lowest BCUT2D eigenvalue weighted by molar-refractivity contribution is 0.167. The van der Waals surface area contributed by atoms with Crippen molar-refractivity contribution in [2.75, 3.05) is 24.8 Å². The Morgan fingerprint density at radius 1 is 1.13 bits per heavy atom. The average molecular weight is 450 g/mol. The van der Waals surface area contributed by atoms with Gasteiger partial charge in [0.05, 0.1) is 22.7 Å². The number of thiazole rings is 1. The van der Waals surface area contributed by atoms with E-state index in [2.05, 4.69) is 15.6 Å². The van der Waals surface area contributed by atoms with Gasteiger partial charge in [0, 0.05) is 24.2 Å². The molecular formula is C21H27N3O4S2. The number of hydrogen-bond donors (Lipinski definition) is 2. The van der Waals surface area contributed by atoms with E-state index in [9.17, 15) is 13.2 Å². The zero-order valence-corrected chi connectivity index (χ0v) is 18.7. The van der Waals surface area contributed by atoms with Crippen LogP contribution in [0.4, 0.5) is 9.93 Å². The first-order chi connectivity index (χ1) is 14.4. The number of nitrogens with zero attached hydrogens (tertiary/aromatic N) is 1. The van der Waals surface area contributed by atoms with Crippen molar-refractivity contribution in [3.05, 3.63) is 40.4 Å². The number of carbonyl (C=O) groups excluding carboxylic acids is 1. The van der Waals surface area contributed by atoms with Crippen LogP contribution in [-0.2, 0) is 33.0 Å². The standard InChI is InChI=1S/C21H27N3O4S2/c1-30(26,27)16-10-8-15(9-11-16)21(12-13-28-14-21)24-19(25)23-20-22-17-6-4-2-3-5-7-18(17)29-20/h8-11H,2-7,12-14H2,1H3,(H2,22,23,24,25). The fourth-order valence-corrected chi connectivity index (χ4v) is 5.76. The van der Waals surface area contributed by atoms with Gasteiger partial charge in [0.1, 0.15) is 0 Å². The molecule has 1 aromatic carbocycles. The Kier molecular flexibility index (Phi) is 6.13. The molecule has 2 aliphatic rings. The van der Waals surface area contributed by atoms with E-state index in [0.717, 1.165) is 30.5 Å². The Bertz CT molecular complexity index is 984. The molecule has 1 aromatic heterocycles. The number of nitrogens with one attached hydrogen (secondary N) is 2. The van der Waals surface area contributed by atoms with Crippen molar-refractivity contribution in [2.45, 2.75) is 55.4 Å². The van der Waals surface area contributed by atoms with E-state index in [1.54, 1.807) is 35.6 Å². The minimum Gasteiger partial charge on any atom is -0.379 e. The summed E-state index contributed by atoms with van der Waals surface area (Å²) in [7, 11) is -3.27. The summed E-state index contributed by atoms with van der Waals surface area (Å²) in [6, 6.07) is 6.33.